The number of aromatic nitrogens is 1. The lowest BCUT2D eigenvalue weighted by atomic mass is 10.1. The summed E-state index contributed by atoms with van der Waals surface area (Å²) in [6.07, 6.45) is 1.99. The molecular formula is C22H21ClN2O3S. The van der Waals surface area contributed by atoms with Gasteiger partial charge in [-0.2, -0.15) is 0 Å². The van der Waals surface area contributed by atoms with Gasteiger partial charge in [-0.15, -0.1) is 11.3 Å². The SMILES string of the molecule is COc1ccc(C(=O)N(C[C@H]2CCCO2)c2nc(-c3ccc(Cl)cc3)cs2)cc1. The molecule has 0 radical (unpaired) electrons. The van der Waals surface area contributed by atoms with Crippen LogP contribution in [-0.4, -0.2) is 37.3 Å². The average molecular weight is 429 g/mol. The molecule has 0 saturated carbocycles. The fourth-order valence-electron chi connectivity index (χ4n) is 3.27. The van der Waals surface area contributed by atoms with Crippen LogP contribution in [0, 0.1) is 0 Å². The number of rotatable bonds is 6. The van der Waals surface area contributed by atoms with Crippen LogP contribution in [0.2, 0.25) is 5.02 Å². The predicted octanol–water partition coefficient (Wildman–Crippen LogP) is 5.30. The van der Waals surface area contributed by atoms with Crippen LogP contribution in [0.4, 0.5) is 5.13 Å². The number of ether oxygens (including phenoxy) is 2. The first-order valence-electron chi connectivity index (χ1n) is 9.43. The summed E-state index contributed by atoms with van der Waals surface area (Å²) in [6, 6.07) is 14.7. The zero-order valence-corrected chi connectivity index (χ0v) is 17.6. The summed E-state index contributed by atoms with van der Waals surface area (Å²) < 4.78 is 11.0. The Morgan fingerprint density at radius 2 is 2.00 bits per heavy atom. The highest BCUT2D eigenvalue weighted by molar-refractivity contribution is 7.14. The Balaban J connectivity index is 1.62. The van der Waals surface area contributed by atoms with Crippen molar-refractivity contribution < 1.29 is 14.3 Å². The largest absolute Gasteiger partial charge is 0.497 e. The van der Waals surface area contributed by atoms with Crippen molar-refractivity contribution in [2.45, 2.75) is 18.9 Å². The molecule has 2 aromatic carbocycles. The maximum absolute atomic E-state index is 13.3. The van der Waals surface area contributed by atoms with Crippen LogP contribution in [-0.2, 0) is 4.74 Å². The van der Waals surface area contributed by atoms with Crippen molar-refractivity contribution in [2.24, 2.45) is 0 Å². The van der Waals surface area contributed by atoms with Gasteiger partial charge in [-0.1, -0.05) is 23.7 Å². The molecule has 0 N–H and O–H groups in total. The van der Waals surface area contributed by atoms with E-state index in [-0.39, 0.29) is 12.0 Å². The van der Waals surface area contributed by atoms with E-state index in [1.54, 1.807) is 36.3 Å². The van der Waals surface area contributed by atoms with Crippen LogP contribution < -0.4 is 9.64 Å². The predicted molar refractivity (Wildman–Crippen MR) is 116 cm³/mol. The second-order valence-electron chi connectivity index (χ2n) is 6.80. The number of carbonyl (C=O) groups excluding carboxylic acids is 1. The van der Waals surface area contributed by atoms with Crippen LogP contribution in [0.15, 0.2) is 53.9 Å². The lowest BCUT2D eigenvalue weighted by Gasteiger charge is -2.23. The number of anilines is 1. The molecule has 0 bridgehead atoms. The van der Waals surface area contributed by atoms with Crippen molar-refractivity contribution in [1.29, 1.82) is 0 Å². The molecule has 1 aromatic heterocycles. The van der Waals surface area contributed by atoms with Gasteiger partial charge in [-0.3, -0.25) is 9.69 Å². The number of carbonyl (C=O) groups is 1. The Morgan fingerprint density at radius 1 is 1.24 bits per heavy atom. The second kappa shape index (κ2) is 8.95. The lowest BCUT2D eigenvalue weighted by Crippen LogP contribution is -2.37. The third-order valence-electron chi connectivity index (χ3n) is 4.86. The van der Waals surface area contributed by atoms with Crippen molar-refractivity contribution in [3.05, 3.63) is 64.5 Å². The van der Waals surface area contributed by atoms with Gasteiger partial charge in [-0.05, 0) is 49.2 Å². The minimum Gasteiger partial charge on any atom is -0.497 e. The molecule has 2 heterocycles. The maximum Gasteiger partial charge on any atom is 0.260 e. The van der Waals surface area contributed by atoms with Crippen LogP contribution in [0.3, 0.4) is 0 Å². The van der Waals surface area contributed by atoms with Gasteiger partial charge in [-0.25, -0.2) is 4.98 Å². The molecule has 4 rings (SSSR count). The Bertz CT molecular complexity index is 966. The number of halogens is 1. The van der Waals surface area contributed by atoms with Crippen molar-refractivity contribution in [3.8, 4) is 17.0 Å². The molecule has 1 amide bonds. The molecule has 29 heavy (non-hydrogen) atoms. The van der Waals surface area contributed by atoms with Gasteiger partial charge >= 0.3 is 0 Å². The number of hydrogen-bond donors (Lipinski definition) is 0. The van der Waals surface area contributed by atoms with E-state index >= 15 is 0 Å². The monoisotopic (exact) mass is 428 g/mol. The summed E-state index contributed by atoms with van der Waals surface area (Å²) in [7, 11) is 1.61. The van der Waals surface area contributed by atoms with Gasteiger partial charge in [0.2, 0.25) is 0 Å². The molecule has 1 aliphatic heterocycles. The third kappa shape index (κ3) is 4.61. The van der Waals surface area contributed by atoms with Gasteiger partial charge in [0.05, 0.1) is 25.5 Å². The highest BCUT2D eigenvalue weighted by Gasteiger charge is 2.27. The van der Waals surface area contributed by atoms with Crippen molar-refractivity contribution in [2.75, 3.05) is 25.2 Å². The van der Waals surface area contributed by atoms with Gasteiger partial charge in [0.25, 0.3) is 5.91 Å². The van der Waals surface area contributed by atoms with Gasteiger partial charge in [0, 0.05) is 28.1 Å². The van der Waals surface area contributed by atoms with E-state index in [2.05, 4.69) is 0 Å². The minimum atomic E-state index is -0.0971. The Hall–Kier alpha value is -2.41. The first-order chi connectivity index (χ1) is 14.1. The molecule has 1 fully saturated rings. The molecule has 5 nitrogen and oxygen atoms in total. The quantitative estimate of drug-likeness (QED) is 0.534. The first kappa shape index (κ1) is 19.9. The standard InChI is InChI=1S/C22H21ClN2O3S/c1-27-18-10-6-16(7-11-18)21(26)25(13-19-3-2-12-28-19)22-24-20(14-29-22)15-4-8-17(23)9-5-15/h4-11,14,19H,2-3,12-13H2,1H3/t19-/m1/s1. The summed E-state index contributed by atoms with van der Waals surface area (Å²) in [6.45, 7) is 1.22. The zero-order chi connectivity index (χ0) is 20.2. The van der Waals surface area contributed by atoms with E-state index in [4.69, 9.17) is 26.1 Å². The van der Waals surface area contributed by atoms with Crippen LogP contribution in [0.25, 0.3) is 11.3 Å². The molecule has 0 spiro atoms. The van der Waals surface area contributed by atoms with E-state index in [1.807, 2.05) is 29.6 Å². The average Bonchev–Trinajstić information content (AvgIpc) is 3.44. The normalized spacial score (nSPS) is 16.0. The fourth-order valence-corrected chi connectivity index (χ4v) is 4.24. The van der Waals surface area contributed by atoms with E-state index in [0.29, 0.717) is 28.0 Å². The minimum absolute atomic E-state index is 0.0279. The molecule has 7 heteroatoms. The third-order valence-corrected chi connectivity index (χ3v) is 5.97. The number of thiazole rings is 1. The molecule has 3 aromatic rings. The number of nitrogens with zero attached hydrogens (tertiary/aromatic N) is 2. The smallest absolute Gasteiger partial charge is 0.260 e. The van der Waals surface area contributed by atoms with E-state index in [1.165, 1.54) is 11.3 Å². The molecule has 150 valence electrons. The molecule has 0 unspecified atom stereocenters. The van der Waals surface area contributed by atoms with Crippen molar-refractivity contribution >= 4 is 34.0 Å². The lowest BCUT2D eigenvalue weighted by molar-refractivity contribution is 0.0917. The molecular weight excluding hydrogens is 408 g/mol. The highest BCUT2D eigenvalue weighted by atomic mass is 35.5. The van der Waals surface area contributed by atoms with Crippen LogP contribution in [0.5, 0.6) is 5.75 Å². The number of hydrogen-bond acceptors (Lipinski definition) is 5. The summed E-state index contributed by atoms with van der Waals surface area (Å²) in [5.74, 6) is 0.617. The van der Waals surface area contributed by atoms with Crippen LogP contribution in [0.1, 0.15) is 23.2 Å². The van der Waals surface area contributed by atoms with Gasteiger partial charge in [0.15, 0.2) is 5.13 Å². The molecule has 1 aliphatic rings. The van der Waals surface area contributed by atoms with Gasteiger partial charge < -0.3 is 9.47 Å². The van der Waals surface area contributed by atoms with E-state index in [0.717, 1.165) is 30.7 Å². The Morgan fingerprint density at radius 3 is 2.66 bits per heavy atom. The maximum atomic E-state index is 13.3. The number of benzene rings is 2. The second-order valence-corrected chi connectivity index (χ2v) is 8.07. The number of amides is 1. The summed E-state index contributed by atoms with van der Waals surface area (Å²) in [5, 5.41) is 3.30. The number of methoxy groups -OCH3 is 1. The van der Waals surface area contributed by atoms with E-state index < -0.39 is 0 Å². The van der Waals surface area contributed by atoms with Crippen molar-refractivity contribution in [1.82, 2.24) is 4.98 Å². The summed E-state index contributed by atoms with van der Waals surface area (Å²) >= 11 is 7.44. The summed E-state index contributed by atoms with van der Waals surface area (Å²) in [4.78, 5) is 19.8. The van der Waals surface area contributed by atoms with Crippen molar-refractivity contribution in [3.63, 3.8) is 0 Å². The Labute approximate surface area is 178 Å². The van der Waals surface area contributed by atoms with E-state index in [9.17, 15) is 4.79 Å². The van der Waals surface area contributed by atoms with Gasteiger partial charge in [0.1, 0.15) is 5.75 Å². The Kier molecular flexibility index (Phi) is 6.13. The topological polar surface area (TPSA) is 51.7 Å². The molecule has 0 aliphatic carbocycles. The summed E-state index contributed by atoms with van der Waals surface area (Å²) in [5.41, 5.74) is 2.37. The zero-order valence-electron chi connectivity index (χ0n) is 16.0. The fraction of sp³-hybridized carbons (Fsp3) is 0.273. The first-order valence-corrected chi connectivity index (χ1v) is 10.7. The van der Waals surface area contributed by atoms with Crippen LogP contribution >= 0.6 is 22.9 Å². The highest BCUT2D eigenvalue weighted by Crippen LogP contribution is 2.30. The molecule has 1 atom stereocenters. The molecule has 1 saturated heterocycles.